The normalized spacial score (nSPS) is 19.2. The van der Waals surface area contributed by atoms with E-state index in [1.807, 2.05) is 24.3 Å². The van der Waals surface area contributed by atoms with Gasteiger partial charge in [-0.15, -0.1) is 0 Å². The highest BCUT2D eigenvalue weighted by atomic mass is 32.2. The molecule has 0 saturated carbocycles. The van der Waals surface area contributed by atoms with Crippen LogP contribution in [-0.4, -0.2) is 45.2 Å². The molecule has 1 aromatic carbocycles. The second-order valence-electron chi connectivity index (χ2n) is 6.35. The van der Waals surface area contributed by atoms with Gasteiger partial charge in [0.1, 0.15) is 4.32 Å². The van der Waals surface area contributed by atoms with Crippen molar-refractivity contribution in [2.75, 3.05) is 18.0 Å². The fourth-order valence-corrected chi connectivity index (χ4v) is 4.57. The summed E-state index contributed by atoms with van der Waals surface area (Å²) in [4.78, 5) is 40.1. The molecule has 1 aromatic rings. The Balaban J connectivity index is 1.95. The number of carbonyl (C=O) groups excluding carboxylic acids is 2. The first kappa shape index (κ1) is 19.6. The SMILES string of the molecule is CCCCCN1C(=O)/C(=C2/SC(=S)N(CCC(=O)O)C2=O)c2ccccc21. The smallest absolute Gasteiger partial charge is 0.305 e. The Labute approximate surface area is 167 Å². The number of hydrogen-bond donors (Lipinski definition) is 1. The van der Waals surface area contributed by atoms with Crippen LogP contribution in [0.15, 0.2) is 29.2 Å². The second-order valence-corrected chi connectivity index (χ2v) is 8.00. The number of para-hydroxylation sites is 1. The molecular weight excluding hydrogens is 384 g/mol. The van der Waals surface area contributed by atoms with Gasteiger partial charge in [0.2, 0.25) is 0 Å². The zero-order valence-corrected chi connectivity index (χ0v) is 16.6. The van der Waals surface area contributed by atoms with Crippen molar-refractivity contribution in [3.63, 3.8) is 0 Å². The van der Waals surface area contributed by atoms with E-state index in [0.29, 0.717) is 21.3 Å². The van der Waals surface area contributed by atoms with Crippen molar-refractivity contribution in [2.45, 2.75) is 32.6 Å². The third-order valence-electron chi connectivity index (χ3n) is 4.53. The first-order chi connectivity index (χ1) is 13.0. The summed E-state index contributed by atoms with van der Waals surface area (Å²) in [7, 11) is 0. The van der Waals surface area contributed by atoms with Gasteiger partial charge < -0.3 is 10.0 Å². The zero-order valence-electron chi connectivity index (χ0n) is 14.9. The molecule has 0 aromatic heterocycles. The maximum absolute atomic E-state index is 13.1. The summed E-state index contributed by atoms with van der Waals surface area (Å²) in [6, 6.07) is 7.44. The third kappa shape index (κ3) is 3.77. The number of benzene rings is 1. The number of thioether (sulfide) groups is 1. The molecular formula is C19H20N2O4S2. The van der Waals surface area contributed by atoms with Gasteiger partial charge in [-0.3, -0.25) is 19.3 Å². The third-order valence-corrected chi connectivity index (χ3v) is 5.98. The first-order valence-corrected chi connectivity index (χ1v) is 10.1. The first-order valence-electron chi connectivity index (χ1n) is 8.86. The monoisotopic (exact) mass is 404 g/mol. The number of unbranched alkanes of at least 4 members (excludes halogenated alkanes) is 2. The highest BCUT2D eigenvalue weighted by molar-refractivity contribution is 8.26. The van der Waals surface area contributed by atoms with E-state index in [-0.39, 0.29) is 24.8 Å². The van der Waals surface area contributed by atoms with E-state index >= 15 is 0 Å². The Bertz CT molecular complexity index is 850. The van der Waals surface area contributed by atoms with Crippen LogP contribution in [0.4, 0.5) is 5.69 Å². The van der Waals surface area contributed by atoms with Crippen molar-refractivity contribution in [3.8, 4) is 0 Å². The number of thiocarbonyl (C=S) groups is 1. The zero-order chi connectivity index (χ0) is 19.6. The molecule has 27 heavy (non-hydrogen) atoms. The molecule has 1 N–H and O–H groups in total. The van der Waals surface area contributed by atoms with E-state index in [1.165, 1.54) is 4.90 Å². The number of amides is 2. The van der Waals surface area contributed by atoms with Crippen LogP contribution in [0.2, 0.25) is 0 Å². The van der Waals surface area contributed by atoms with Gasteiger partial charge in [-0.25, -0.2) is 0 Å². The Hall–Kier alpha value is -2.19. The summed E-state index contributed by atoms with van der Waals surface area (Å²) in [5.74, 6) is -1.58. The van der Waals surface area contributed by atoms with Gasteiger partial charge in [0.25, 0.3) is 11.8 Å². The number of fused-ring (bicyclic) bond motifs is 1. The summed E-state index contributed by atoms with van der Waals surface area (Å²) in [6.07, 6.45) is 2.78. The average molecular weight is 405 g/mol. The van der Waals surface area contributed by atoms with Crippen LogP contribution in [0.3, 0.4) is 0 Å². The molecule has 8 heteroatoms. The van der Waals surface area contributed by atoms with E-state index in [1.54, 1.807) is 4.90 Å². The molecule has 0 radical (unpaired) electrons. The van der Waals surface area contributed by atoms with Crippen molar-refractivity contribution < 1.29 is 19.5 Å². The van der Waals surface area contributed by atoms with Crippen LogP contribution in [0.1, 0.15) is 38.2 Å². The molecule has 1 fully saturated rings. The fourth-order valence-electron chi connectivity index (χ4n) is 3.19. The van der Waals surface area contributed by atoms with Crippen LogP contribution in [-0.2, 0) is 14.4 Å². The maximum Gasteiger partial charge on any atom is 0.305 e. The number of hydrogen-bond acceptors (Lipinski definition) is 5. The molecule has 1 saturated heterocycles. The van der Waals surface area contributed by atoms with Crippen LogP contribution in [0.25, 0.3) is 5.57 Å². The summed E-state index contributed by atoms with van der Waals surface area (Å²) in [6.45, 7) is 2.72. The lowest BCUT2D eigenvalue weighted by molar-refractivity contribution is -0.137. The van der Waals surface area contributed by atoms with Crippen LogP contribution in [0, 0.1) is 0 Å². The van der Waals surface area contributed by atoms with Crippen molar-refractivity contribution in [2.24, 2.45) is 0 Å². The molecule has 0 atom stereocenters. The number of anilines is 1. The molecule has 2 aliphatic heterocycles. The molecule has 2 amide bonds. The quantitative estimate of drug-likeness (QED) is 0.427. The van der Waals surface area contributed by atoms with Crippen molar-refractivity contribution in [1.29, 1.82) is 0 Å². The van der Waals surface area contributed by atoms with Crippen LogP contribution < -0.4 is 4.90 Å². The minimum atomic E-state index is -0.999. The molecule has 0 aliphatic carbocycles. The average Bonchev–Trinajstić information content (AvgIpc) is 3.07. The van der Waals surface area contributed by atoms with Gasteiger partial charge in [0.15, 0.2) is 0 Å². The molecule has 0 bridgehead atoms. The second kappa shape index (κ2) is 8.22. The molecule has 0 spiro atoms. The lowest BCUT2D eigenvalue weighted by atomic mass is 10.1. The van der Waals surface area contributed by atoms with Gasteiger partial charge in [0, 0.05) is 18.7 Å². The van der Waals surface area contributed by atoms with Gasteiger partial charge in [0.05, 0.1) is 22.6 Å². The van der Waals surface area contributed by atoms with E-state index in [0.717, 1.165) is 42.3 Å². The molecule has 2 aliphatic rings. The van der Waals surface area contributed by atoms with Crippen molar-refractivity contribution in [1.82, 2.24) is 4.90 Å². The van der Waals surface area contributed by atoms with Crippen LogP contribution >= 0.6 is 24.0 Å². The van der Waals surface area contributed by atoms with E-state index in [9.17, 15) is 14.4 Å². The minimum Gasteiger partial charge on any atom is -0.481 e. The lowest BCUT2D eigenvalue weighted by Gasteiger charge is -2.16. The topological polar surface area (TPSA) is 77.9 Å². The molecule has 3 rings (SSSR count). The van der Waals surface area contributed by atoms with E-state index < -0.39 is 5.97 Å². The number of carboxylic acids is 1. The molecule has 142 valence electrons. The highest BCUT2D eigenvalue weighted by Gasteiger charge is 2.41. The number of aliphatic carboxylic acids is 1. The molecule has 0 unspecified atom stereocenters. The maximum atomic E-state index is 13.1. The Morgan fingerprint density at radius 3 is 2.56 bits per heavy atom. The largest absolute Gasteiger partial charge is 0.481 e. The standard InChI is InChI=1S/C19H20N2O4S2/c1-2-3-6-10-20-13-8-5-4-7-12(13)15(17(20)24)16-18(25)21(19(26)27-16)11-9-14(22)23/h4-5,7-8H,2-3,6,9-11H2,1H3,(H,22,23)/b16-15+. The molecule has 2 heterocycles. The fraction of sp³-hybridized carbons (Fsp3) is 0.368. The number of carbonyl (C=O) groups is 3. The predicted octanol–water partition coefficient (Wildman–Crippen LogP) is 3.27. The van der Waals surface area contributed by atoms with Gasteiger partial charge in [-0.05, 0) is 12.5 Å². The van der Waals surface area contributed by atoms with E-state index in [2.05, 4.69) is 6.92 Å². The van der Waals surface area contributed by atoms with Gasteiger partial charge >= 0.3 is 5.97 Å². The number of carboxylic acid groups (broad SMARTS) is 1. The minimum absolute atomic E-state index is 0.00678. The van der Waals surface area contributed by atoms with E-state index in [4.69, 9.17) is 17.3 Å². The molecule has 6 nitrogen and oxygen atoms in total. The van der Waals surface area contributed by atoms with Crippen molar-refractivity contribution >= 4 is 57.3 Å². The number of rotatable bonds is 7. The Kier molecular flexibility index (Phi) is 5.96. The summed E-state index contributed by atoms with van der Waals surface area (Å²) in [5, 5.41) is 8.87. The van der Waals surface area contributed by atoms with Crippen LogP contribution in [0.5, 0.6) is 0 Å². The summed E-state index contributed by atoms with van der Waals surface area (Å²) < 4.78 is 0.290. The predicted molar refractivity (Wildman–Crippen MR) is 109 cm³/mol. The van der Waals surface area contributed by atoms with Gasteiger partial charge in [-0.1, -0.05) is 61.9 Å². The van der Waals surface area contributed by atoms with Gasteiger partial charge in [-0.2, -0.15) is 0 Å². The van der Waals surface area contributed by atoms with Crippen molar-refractivity contribution in [3.05, 3.63) is 34.7 Å². The summed E-state index contributed by atoms with van der Waals surface area (Å²) in [5.41, 5.74) is 1.92. The highest BCUT2D eigenvalue weighted by Crippen LogP contribution is 2.44. The Morgan fingerprint density at radius 1 is 1.11 bits per heavy atom. The number of nitrogens with zero attached hydrogens (tertiary/aromatic N) is 2. The Morgan fingerprint density at radius 2 is 1.85 bits per heavy atom. The summed E-state index contributed by atoms with van der Waals surface area (Å²) >= 11 is 6.33. The lowest BCUT2D eigenvalue weighted by Crippen LogP contribution is -2.31.